The third-order valence-corrected chi connectivity index (χ3v) is 2.42. The standard InChI is InChI=1S/C12H18O2/c1-9(2)11(13)8-12(14)10-6-4-3-5-7-10/h3-7,9,11-14H,8H2,1-2H3/t11-,12+/m0/s1. The van der Waals surface area contributed by atoms with Crippen LogP contribution in [0.25, 0.3) is 0 Å². The molecule has 2 N–H and O–H groups in total. The zero-order chi connectivity index (χ0) is 10.6. The minimum atomic E-state index is -0.561. The van der Waals surface area contributed by atoms with E-state index in [2.05, 4.69) is 0 Å². The maximum Gasteiger partial charge on any atom is 0.0814 e. The van der Waals surface area contributed by atoms with Crippen molar-refractivity contribution in [3.8, 4) is 0 Å². The monoisotopic (exact) mass is 194 g/mol. The van der Waals surface area contributed by atoms with Crippen molar-refractivity contribution in [3.63, 3.8) is 0 Å². The molecule has 2 atom stereocenters. The second-order valence-corrected chi connectivity index (χ2v) is 3.97. The molecular formula is C12H18O2. The Bertz CT molecular complexity index is 256. The van der Waals surface area contributed by atoms with E-state index in [-0.39, 0.29) is 5.92 Å². The Kier molecular flexibility index (Phi) is 4.11. The van der Waals surface area contributed by atoms with Gasteiger partial charge in [-0.25, -0.2) is 0 Å². The number of hydrogen-bond acceptors (Lipinski definition) is 2. The van der Waals surface area contributed by atoms with Crippen LogP contribution in [0.4, 0.5) is 0 Å². The van der Waals surface area contributed by atoms with Crippen LogP contribution in [0.2, 0.25) is 0 Å². The van der Waals surface area contributed by atoms with Gasteiger partial charge in [-0.1, -0.05) is 44.2 Å². The Hall–Kier alpha value is -0.860. The van der Waals surface area contributed by atoms with Crippen molar-refractivity contribution in [2.45, 2.75) is 32.5 Å². The van der Waals surface area contributed by atoms with Gasteiger partial charge in [0.05, 0.1) is 12.2 Å². The molecule has 0 saturated carbocycles. The van der Waals surface area contributed by atoms with E-state index < -0.39 is 12.2 Å². The Morgan fingerprint density at radius 1 is 1.07 bits per heavy atom. The zero-order valence-corrected chi connectivity index (χ0v) is 8.72. The van der Waals surface area contributed by atoms with Gasteiger partial charge in [0.2, 0.25) is 0 Å². The lowest BCUT2D eigenvalue weighted by Crippen LogP contribution is -2.18. The SMILES string of the molecule is CC(C)[C@@H](O)C[C@@H](O)c1ccccc1. The van der Waals surface area contributed by atoms with Crippen LogP contribution in [-0.4, -0.2) is 16.3 Å². The van der Waals surface area contributed by atoms with Gasteiger partial charge in [0.1, 0.15) is 0 Å². The average Bonchev–Trinajstić information content (AvgIpc) is 2.19. The van der Waals surface area contributed by atoms with Crippen molar-refractivity contribution >= 4 is 0 Å². The first kappa shape index (κ1) is 11.2. The molecule has 0 aromatic heterocycles. The second kappa shape index (κ2) is 5.13. The first-order valence-electron chi connectivity index (χ1n) is 5.02. The van der Waals surface area contributed by atoms with Crippen LogP contribution >= 0.6 is 0 Å². The molecule has 0 radical (unpaired) electrons. The summed E-state index contributed by atoms with van der Waals surface area (Å²) >= 11 is 0. The van der Waals surface area contributed by atoms with Crippen LogP contribution in [0.15, 0.2) is 30.3 Å². The molecule has 1 aromatic carbocycles. The highest BCUT2D eigenvalue weighted by molar-refractivity contribution is 5.17. The Morgan fingerprint density at radius 2 is 1.64 bits per heavy atom. The van der Waals surface area contributed by atoms with Gasteiger partial charge in [0.25, 0.3) is 0 Å². The molecule has 0 aliphatic rings. The summed E-state index contributed by atoms with van der Waals surface area (Å²) in [6.45, 7) is 3.89. The summed E-state index contributed by atoms with van der Waals surface area (Å²) in [7, 11) is 0. The highest BCUT2D eigenvalue weighted by atomic mass is 16.3. The van der Waals surface area contributed by atoms with Crippen LogP contribution < -0.4 is 0 Å². The van der Waals surface area contributed by atoms with E-state index in [1.165, 1.54) is 0 Å². The van der Waals surface area contributed by atoms with Gasteiger partial charge in [0.15, 0.2) is 0 Å². The number of benzene rings is 1. The van der Waals surface area contributed by atoms with Crippen molar-refractivity contribution in [3.05, 3.63) is 35.9 Å². The number of aliphatic hydroxyl groups is 2. The first-order valence-corrected chi connectivity index (χ1v) is 5.02. The number of rotatable bonds is 4. The molecule has 0 amide bonds. The highest BCUT2D eigenvalue weighted by Gasteiger charge is 2.15. The predicted molar refractivity (Wildman–Crippen MR) is 56.9 cm³/mol. The van der Waals surface area contributed by atoms with Gasteiger partial charge in [-0.15, -0.1) is 0 Å². The predicted octanol–water partition coefficient (Wildman–Crippen LogP) is 2.13. The Morgan fingerprint density at radius 3 is 2.14 bits per heavy atom. The molecular weight excluding hydrogens is 176 g/mol. The fourth-order valence-corrected chi connectivity index (χ4v) is 1.31. The molecule has 1 rings (SSSR count). The summed E-state index contributed by atoms with van der Waals surface area (Å²) in [5.41, 5.74) is 0.868. The summed E-state index contributed by atoms with van der Waals surface area (Å²) in [6.07, 6.45) is -0.597. The van der Waals surface area contributed by atoms with Gasteiger partial charge in [0, 0.05) is 6.42 Å². The Balaban J connectivity index is 2.55. The van der Waals surface area contributed by atoms with Crippen LogP contribution in [0.3, 0.4) is 0 Å². The van der Waals surface area contributed by atoms with E-state index in [4.69, 9.17) is 0 Å². The van der Waals surface area contributed by atoms with Crippen LogP contribution in [0.5, 0.6) is 0 Å². The zero-order valence-electron chi connectivity index (χ0n) is 8.72. The lowest BCUT2D eigenvalue weighted by atomic mass is 9.97. The van der Waals surface area contributed by atoms with Crippen LogP contribution in [0, 0.1) is 5.92 Å². The van der Waals surface area contributed by atoms with Gasteiger partial charge in [-0.3, -0.25) is 0 Å². The van der Waals surface area contributed by atoms with E-state index in [0.717, 1.165) is 5.56 Å². The molecule has 2 heteroatoms. The third kappa shape index (κ3) is 3.13. The van der Waals surface area contributed by atoms with Crippen molar-refractivity contribution in [1.82, 2.24) is 0 Å². The average molecular weight is 194 g/mol. The molecule has 2 nitrogen and oxygen atoms in total. The largest absolute Gasteiger partial charge is 0.393 e. The number of aliphatic hydroxyl groups excluding tert-OH is 2. The van der Waals surface area contributed by atoms with Crippen molar-refractivity contribution in [2.24, 2.45) is 5.92 Å². The maximum absolute atomic E-state index is 9.78. The fourth-order valence-electron chi connectivity index (χ4n) is 1.31. The lowest BCUT2D eigenvalue weighted by molar-refractivity contribution is 0.0532. The molecule has 0 fully saturated rings. The molecule has 78 valence electrons. The summed E-state index contributed by atoms with van der Waals surface area (Å²) in [4.78, 5) is 0. The summed E-state index contributed by atoms with van der Waals surface area (Å²) in [5, 5.41) is 19.4. The number of hydrogen-bond donors (Lipinski definition) is 2. The molecule has 0 saturated heterocycles. The van der Waals surface area contributed by atoms with Gasteiger partial charge in [-0.05, 0) is 11.5 Å². The second-order valence-electron chi connectivity index (χ2n) is 3.97. The van der Waals surface area contributed by atoms with E-state index in [0.29, 0.717) is 6.42 Å². The summed E-state index contributed by atoms with van der Waals surface area (Å²) in [6, 6.07) is 9.44. The molecule has 14 heavy (non-hydrogen) atoms. The van der Waals surface area contributed by atoms with Gasteiger partial charge < -0.3 is 10.2 Å². The van der Waals surface area contributed by atoms with Crippen molar-refractivity contribution in [2.75, 3.05) is 0 Å². The minimum Gasteiger partial charge on any atom is -0.393 e. The third-order valence-electron chi connectivity index (χ3n) is 2.42. The summed E-state index contributed by atoms with van der Waals surface area (Å²) in [5.74, 6) is 0.188. The quantitative estimate of drug-likeness (QED) is 0.770. The van der Waals surface area contributed by atoms with Crippen LogP contribution in [-0.2, 0) is 0 Å². The maximum atomic E-state index is 9.78. The van der Waals surface area contributed by atoms with Crippen molar-refractivity contribution < 1.29 is 10.2 Å². The highest BCUT2D eigenvalue weighted by Crippen LogP contribution is 2.20. The molecule has 0 aliphatic heterocycles. The van der Waals surface area contributed by atoms with Gasteiger partial charge in [-0.2, -0.15) is 0 Å². The molecule has 0 heterocycles. The first-order chi connectivity index (χ1) is 6.61. The fraction of sp³-hybridized carbons (Fsp3) is 0.500. The lowest BCUT2D eigenvalue weighted by Gasteiger charge is -2.18. The molecule has 0 aliphatic carbocycles. The molecule has 0 unspecified atom stereocenters. The summed E-state index contributed by atoms with van der Waals surface area (Å²) < 4.78 is 0. The molecule has 1 aromatic rings. The topological polar surface area (TPSA) is 40.5 Å². The normalized spacial score (nSPS) is 15.5. The van der Waals surface area contributed by atoms with E-state index in [1.54, 1.807) is 0 Å². The minimum absolute atomic E-state index is 0.188. The Labute approximate surface area is 85.2 Å². The van der Waals surface area contributed by atoms with E-state index in [9.17, 15) is 10.2 Å². The van der Waals surface area contributed by atoms with Crippen LogP contribution in [0.1, 0.15) is 31.9 Å². The molecule has 0 bridgehead atoms. The van der Waals surface area contributed by atoms with E-state index in [1.807, 2.05) is 44.2 Å². The smallest absolute Gasteiger partial charge is 0.0814 e. The van der Waals surface area contributed by atoms with Crippen molar-refractivity contribution in [1.29, 1.82) is 0 Å². The van der Waals surface area contributed by atoms with Gasteiger partial charge >= 0.3 is 0 Å². The van der Waals surface area contributed by atoms with E-state index >= 15 is 0 Å². The molecule has 0 spiro atoms.